The van der Waals surface area contributed by atoms with Crippen molar-refractivity contribution in [2.45, 2.75) is 25.4 Å². The minimum atomic E-state index is -4.07. The summed E-state index contributed by atoms with van der Waals surface area (Å²) in [5.41, 5.74) is 0. The Morgan fingerprint density at radius 3 is 2.33 bits per heavy atom. The Morgan fingerprint density at radius 2 is 1.87 bits per heavy atom. The Morgan fingerprint density at radius 1 is 1.27 bits per heavy atom. The Bertz CT molecular complexity index is 192. The maximum absolute atomic E-state index is 11.7. The molecule has 0 aromatic rings. The number of halogens is 3. The van der Waals surface area contributed by atoms with Gasteiger partial charge in [0, 0.05) is 20.5 Å². The van der Waals surface area contributed by atoms with E-state index in [2.05, 4.69) is 5.32 Å². The zero-order chi connectivity index (χ0) is 11.9. The lowest BCUT2D eigenvalue weighted by Gasteiger charge is -2.11. The fraction of sp³-hybridized carbons (Fsp3) is 0.889. The van der Waals surface area contributed by atoms with Gasteiger partial charge in [-0.25, -0.2) is 0 Å². The second-order valence-electron chi connectivity index (χ2n) is 3.54. The molecule has 6 heteroatoms. The van der Waals surface area contributed by atoms with Crippen LogP contribution in [0.4, 0.5) is 13.2 Å². The molecular weight excluding hydrogens is 209 g/mol. The second kappa shape index (κ2) is 6.66. The van der Waals surface area contributed by atoms with Crippen LogP contribution in [0.15, 0.2) is 0 Å². The molecule has 0 aliphatic rings. The summed E-state index contributed by atoms with van der Waals surface area (Å²) in [5, 5.41) is 2.79. The number of likely N-dealkylation sites (N-methyl/N-ethyl adjacent to an activating group) is 1. The summed E-state index contributed by atoms with van der Waals surface area (Å²) in [6.07, 6.45) is -4.29. The highest BCUT2D eigenvalue weighted by Crippen LogP contribution is 2.21. The van der Waals surface area contributed by atoms with Crippen molar-refractivity contribution >= 4 is 5.91 Å². The second-order valence-corrected chi connectivity index (χ2v) is 3.54. The van der Waals surface area contributed by atoms with E-state index >= 15 is 0 Å². The molecule has 0 spiro atoms. The molecule has 0 unspecified atom stereocenters. The van der Waals surface area contributed by atoms with Gasteiger partial charge in [-0.3, -0.25) is 4.79 Å². The zero-order valence-corrected chi connectivity index (χ0v) is 9.02. The van der Waals surface area contributed by atoms with Crippen LogP contribution in [0.1, 0.15) is 19.3 Å². The van der Waals surface area contributed by atoms with Crippen LogP contribution < -0.4 is 5.32 Å². The van der Waals surface area contributed by atoms with E-state index in [1.165, 1.54) is 4.90 Å². The molecule has 15 heavy (non-hydrogen) atoms. The molecule has 90 valence electrons. The number of nitrogens with zero attached hydrogens (tertiary/aromatic N) is 1. The van der Waals surface area contributed by atoms with Crippen molar-refractivity contribution in [3.05, 3.63) is 0 Å². The monoisotopic (exact) mass is 226 g/mol. The smallest absolute Gasteiger partial charge is 0.348 e. The Balaban J connectivity index is 3.30. The van der Waals surface area contributed by atoms with E-state index in [0.717, 1.165) is 0 Å². The average molecular weight is 226 g/mol. The summed E-state index contributed by atoms with van der Waals surface area (Å²) in [4.78, 5) is 12.5. The average Bonchev–Trinajstić information content (AvgIpc) is 2.08. The molecule has 1 amide bonds. The van der Waals surface area contributed by atoms with Gasteiger partial charge in [0.05, 0.1) is 6.54 Å². The van der Waals surface area contributed by atoms with Gasteiger partial charge in [-0.15, -0.1) is 0 Å². The van der Waals surface area contributed by atoms with Crippen LogP contribution in [0.2, 0.25) is 0 Å². The molecule has 0 bridgehead atoms. The fourth-order valence-corrected chi connectivity index (χ4v) is 0.929. The van der Waals surface area contributed by atoms with Gasteiger partial charge in [-0.05, 0) is 19.4 Å². The standard InChI is InChI=1S/C9H17F3N2O/c1-14(2)8(15)7-13-6-4-3-5-9(10,11)12/h13H,3-7H2,1-2H3. The van der Waals surface area contributed by atoms with Crippen LogP contribution in [-0.2, 0) is 4.79 Å². The van der Waals surface area contributed by atoms with Gasteiger partial charge in [-0.1, -0.05) is 0 Å². The number of carbonyl (C=O) groups excluding carboxylic acids is 1. The van der Waals surface area contributed by atoms with E-state index in [4.69, 9.17) is 0 Å². The van der Waals surface area contributed by atoms with Gasteiger partial charge in [0.25, 0.3) is 0 Å². The van der Waals surface area contributed by atoms with Gasteiger partial charge < -0.3 is 10.2 Å². The predicted octanol–water partition coefficient (Wildman–Crippen LogP) is 1.40. The lowest BCUT2D eigenvalue weighted by Crippen LogP contribution is -2.33. The van der Waals surface area contributed by atoms with Crippen molar-refractivity contribution in [2.24, 2.45) is 0 Å². The van der Waals surface area contributed by atoms with E-state index in [0.29, 0.717) is 13.0 Å². The molecular formula is C9H17F3N2O. The van der Waals surface area contributed by atoms with Crippen LogP contribution >= 0.6 is 0 Å². The molecule has 0 fully saturated rings. The van der Waals surface area contributed by atoms with Gasteiger partial charge in [0.2, 0.25) is 5.91 Å². The summed E-state index contributed by atoms with van der Waals surface area (Å²) in [7, 11) is 3.27. The summed E-state index contributed by atoms with van der Waals surface area (Å²) < 4.78 is 35.2. The van der Waals surface area contributed by atoms with Crippen molar-refractivity contribution in [3.63, 3.8) is 0 Å². The lowest BCUT2D eigenvalue weighted by molar-refractivity contribution is -0.135. The SMILES string of the molecule is CN(C)C(=O)CNCCCCC(F)(F)F. The first-order chi connectivity index (χ1) is 6.83. The maximum atomic E-state index is 11.7. The van der Waals surface area contributed by atoms with Crippen LogP contribution in [0.25, 0.3) is 0 Å². The molecule has 0 heterocycles. The highest BCUT2D eigenvalue weighted by molar-refractivity contribution is 5.77. The van der Waals surface area contributed by atoms with Gasteiger partial charge >= 0.3 is 6.18 Å². The third-order valence-corrected chi connectivity index (χ3v) is 1.84. The van der Waals surface area contributed by atoms with E-state index in [1.54, 1.807) is 14.1 Å². The molecule has 0 radical (unpaired) electrons. The normalized spacial score (nSPS) is 11.5. The highest BCUT2D eigenvalue weighted by Gasteiger charge is 2.25. The van der Waals surface area contributed by atoms with Gasteiger partial charge in [0.15, 0.2) is 0 Å². The van der Waals surface area contributed by atoms with Crippen molar-refractivity contribution in [1.29, 1.82) is 0 Å². The number of hydrogen-bond donors (Lipinski definition) is 1. The molecule has 0 atom stereocenters. The Kier molecular flexibility index (Phi) is 6.31. The number of hydrogen-bond acceptors (Lipinski definition) is 2. The predicted molar refractivity (Wildman–Crippen MR) is 51.5 cm³/mol. The Labute approximate surface area is 87.6 Å². The number of unbranched alkanes of at least 4 members (excludes halogenated alkanes) is 1. The van der Waals surface area contributed by atoms with Crippen molar-refractivity contribution < 1.29 is 18.0 Å². The quantitative estimate of drug-likeness (QED) is 0.694. The third-order valence-electron chi connectivity index (χ3n) is 1.84. The summed E-state index contributed by atoms with van der Waals surface area (Å²) >= 11 is 0. The molecule has 0 aromatic carbocycles. The maximum Gasteiger partial charge on any atom is 0.389 e. The summed E-state index contributed by atoms with van der Waals surface area (Å²) in [5.74, 6) is -0.0779. The topological polar surface area (TPSA) is 32.3 Å². The van der Waals surface area contributed by atoms with Crippen LogP contribution in [0, 0.1) is 0 Å². The Hall–Kier alpha value is -0.780. The number of rotatable bonds is 6. The number of alkyl halides is 3. The first-order valence-electron chi connectivity index (χ1n) is 4.80. The zero-order valence-electron chi connectivity index (χ0n) is 9.02. The molecule has 0 aliphatic heterocycles. The lowest BCUT2D eigenvalue weighted by atomic mass is 10.2. The van der Waals surface area contributed by atoms with Crippen molar-refractivity contribution in [1.82, 2.24) is 10.2 Å². The molecule has 0 aliphatic carbocycles. The van der Waals surface area contributed by atoms with Gasteiger partial charge in [0.1, 0.15) is 0 Å². The first kappa shape index (κ1) is 14.2. The summed E-state index contributed by atoms with van der Waals surface area (Å²) in [6, 6.07) is 0. The number of carbonyl (C=O) groups is 1. The van der Waals surface area contributed by atoms with E-state index < -0.39 is 12.6 Å². The molecule has 3 nitrogen and oxygen atoms in total. The minimum absolute atomic E-state index is 0.0779. The molecule has 1 N–H and O–H groups in total. The molecule has 0 saturated carbocycles. The summed E-state index contributed by atoms with van der Waals surface area (Å²) in [6.45, 7) is 0.620. The highest BCUT2D eigenvalue weighted by atomic mass is 19.4. The largest absolute Gasteiger partial charge is 0.389 e. The number of nitrogens with one attached hydrogen (secondary N) is 1. The number of amides is 1. The molecule has 0 saturated heterocycles. The van der Waals surface area contributed by atoms with Gasteiger partial charge in [-0.2, -0.15) is 13.2 Å². The van der Waals surface area contributed by atoms with Crippen molar-refractivity contribution in [3.8, 4) is 0 Å². The van der Waals surface area contributed by atoms with Crippen LogP contribution in [0.5, 0.6) is 0 Å². The molecule has 0 rings (SSSR count). The third kappa shape index (κ3) is 9.52. The fourth-order valence-electron chi connectivity index (χ4n) is 0.929. The minimum Gasteiger partial charge on any atom is -0.348 e. The van der Waals surface area contributed by atoms with E-state index in [1.807, 2.05) is 0 Å². The first-order valence-corrected chi connectivity index (χ1v) is 4.80. The van der Waals surface area contributed by atoms with Crippen LogP contribution in [0.3, 0.4) is 0 Å². The van der Waals surface area contributed by atoms with E-state index in [-0.39, 0.29) is 18.9 Å². The van der Waals surface area contributed by atoms with E-state index in [9.17, 15) is 18.0 Å². The molecule has 0 aromatic heterocycles. The van der Waals surface area contributed by atoms with Crippen molar-refractivity contribution in [2.75, 3.05) is 27.2 Å². The van der Waals surface area contributed by atoms with Crippen LogP contribution in [-0.4, -0.2) is 44.2 Å².